The predicted octanol–water partition coefficient (Wildman–Crippen LogP) is 2.78. The lowest BCUT2D eigenvalue weighted by atomic mass is 10.1. The van der Waals surface area contributed by atoms with Gasteiger partial charge in [-0.05, 0) is 57.4 Å². The van der Waals surface area contributed by atoms with E-state index >= 15 is 0 Å². The lowest BCUT2D eigenvalue weighted by Crippen LogP contribution is -2.53. The maximum Gasteiger partial charge on any atom is 0.270 e. The van der Waals surface area contributed by atoms with Gasteiger partial charge in [-0.25, -0.2) is 8.42 Å². The molecule has 3 heterocycles. The van der Waals surface area contributed by atoms with Gasteiger partial charge in [0.2, 0.25) is 10.0 Å². The summed E-state index contributed by atoms with van der Waals surface area (Å²) in [5.74, 6) is -0.0813. The Kier molecular flexibility index (Phi) is 5.87. The van der Waals surface area contributed by atoms with Crippen LogP contribution in [-0.4, -0.2) is 66.9 Å². The fourth-order valence-electron chi connectivity index (χ4n) is 4.69. The van der Waals surface area contributed by atoms with Crippen molar-refractivity contribution in [3.63, 3.8) is 0 Å². The van der Waals surface area contributed by atoms with Gasteiger partial charge in [0, 0.05) is 57.2 Å². The van der Waals surface area contributed by atoms with Crippen molar-refractivity contribution in [2.75, 3.05) is 37.6 Å². The molecular formula is C23H32N4O3S. The van der Waals surface area contributed by atoms with Gasteiger partial charge in [0.05, 0.1) is 0 Å². The molecule has 4 rings (SSSR count). The average molecular weight is 445 g/mol. The van der Waals surface area contributed by atoms with Gasteiger partial charge in [-0.3, -0.25) is 4.79 Å². The number of hydrogen-bond donors (Lipinski definition) is 0. The lowest BCUT2D eigenvalue weighted by molar-refractivity contribution is 0.0783. The SMILES string of the molecule is Cc1cccc(N2CCN(S(=O)(=O)c3cc(C(=O)N4CCCC4)n(C)c3C)C[C@@H]2C)c1. The molecule has 2 saturated heterocycles. The van der Waals surface area contributed by atoms with Crippen molar-refractivity contribution in [3.05, 3.63) is 47.3 Å². The second-order valence-electron chi connectivity index (χ2n) is 8.78. The van der Waals surface area contributed by atoms with Gasteiger partial charge < -0.3 is 14.4 Å². The number of amides is 1. The van der Waals surface area contributed by atoms with Crippen LogP contribution in [0.4, 0.5) is 5.69 Å². The summed E-state index contributed by atoms with van der Waals surface area (Å²) < 4.78 is 30.3. The van der Waals surface area contributed by atoms with Crippen LogP contribution in [0.3, 0.4) is 0 Å². The number of carbonyl (C=O) groups excluding carboxylic acids is 1. The molecule has 2 aliphatic rings. The number of nitrogens with zero attached hydrogens (tertiary/aromatic N) is 4. The highest BCUT2D eigenvalue weighted by Gasteiger charge is 2.35. The molecule has 2 aliphatic heterocycles. The van der Waals surface area contributed by atoms with Crippen LogP contribution in [-0.2, 0) is 17.1 Å². The van der Waals surface area contributed by atoms with E-state index in [1.807, 2.05) is 11.0 Å². The number of anilines is 1. The molecule has 0 saturated carbocycles. The van der Waals surface area contributed by atoms with E-state index in [0.717, 1.165) is 31.6 Å². The molecule has 1 aromatic carbocycles. The van der Waals surface area contributed by atoms with Gasteiger partial charge in [-0.1, -0.05) is 12.1 Å². The second kappa shape index (κ2) is 8.31. The van der Waals surface area contributed by atoms with E-state index in [9.17, 15) is 13.2 Å². The third-order valence-corrected chi connectivity index (χ3v) is 8.62. The van der Waals surface area contributed by atoms with Crippen LogP contribution in [0.1, 0.15) is 41.5 Å². The summed E-state index contributed by atoms with van der Waals surface area (Å²) in [6.45, 7) is 8.85. The first-order chi connectivity index (χ1) is 14.7. The minimum absolute atomic E-state index is 0.0556. The van der Waals surface area contributed by atoms with Gasteiger partial charge in [-0.2, -0.15) is 4.31 Å². The Bertz CT molecular complexity index is 1090. The van der Waals surface area contributed by atoms with Crippen LogP contribution in [0.15, 0.2) is 35.2 Å². The minimum atomic E-state index is -3.68. The Morgan fingerprint density at radius 2 is 1.74 bits per heavy atom. The van der Waals surface area contributed by atoms with Gasteiger partial charge in [0.25, 0.3) is 5.91 Å². The molecule has 2 fully saturated rings. The van der Waals surface area contributed by atoms with Crippen LogP contribution in [0.2, 0.25) is 0 Å². The zero-order valence-corrected chi connectivity index (χ0v) is 19.7. The quantitative estimate of drug-likeness (QED) is 0.727. The molecule has 1 atom stereocenters. The Balaban J connectivity index is 1.56. The van der Waals surface area contributed by atoms with Crippen molar-refractivity contribution in [2.24, 2.45) is 7.05 Å². The van der Waals surface area contributed by atoms with E-state index in [1.165, 1.54) is 5.56 Å². The fourth-order valence-corrected chi connectivity index (χ4v) is 6.47. The molecule has 1 amide bonds. The summed E-state index contributed by atoms with van der Waals surface area (Å²) >= 11 is 0. The van der Waals surface area contributed by atoms with Crippen molar-refractivity contribution in [1.29, 1.82) is 0 Å². The highest BCUT2D eigenvalue weighted by Crippen LogP contribution is 2.28. The van der Waals surface area contributed by atoms with Crippen LogP contribution in [0, 0.1) is 13.8 Å². The molecule has 0 N–H and O–H groups in total. The Labute approximate surface area is 185 Å². The van der Waals surface area contributed by atoms with E-state index in [-0.39, 0.29) is 16.8 Å². The highest BCUT2D eigenvalue weighted by atomic mass is 32.2. The largest absolute Gasteiger partial charge is 0.366 e. The van der Waals surface area contributed by atoms with Crippen molar-refractivity contribution < 1.29 is 13.2 Å². The number of aryl methyl sites for hydroxylation is 1. The average Bonchev–Trinajstić information content (AvgIpc) is 3.37. The van der Waals surface area contributed by atoms with Crippen LogP contribution < -0.4 is 4.90 Å². The third kappa shape index (κ3) is 3.99. The molecule has 2 aromatic rings. The number of hydrogen-bond acceptors (Lipinski definition) is 4. The van der Waals surface area contributed by atoms with E-state index in [1.54, 1.807) is 28.9 Å². The third-order valence-electron chi connectivity index (χ3n) is 6.64. The molecule has 1 aromatic heterocycles. The monoisotopic (exact) mass is 444 g/mol. The van der Waals surface area contributed by atoms with Gasteiger partial charge >= 0.3 is 0 Å². The Morgan fingerprint density at radius 1 is 1.03 bits per heavy atom. The van der Waals surface area contributed by atoms with Crippen molar-refractivity contribution in [3.8, 4) is 0 Å². The van der Waals surface area contributed by atoms with E-state index in [0.29, 0.717) is 31.0 Å². The van der Waals surface area contributed by atoms with Crippen molar-refractivity contribution >= 4 is 21.6 Å². The normalized spacial score (nSPS) is 20.5. The van der Waals surface area contributed by atoms with E-state index < -0.39 is 10.0 Å². The topological polar surface area (TPSA) is 65.9 Å². The second-order valence-corrected chi connectivity index (χ2v) is 10.7. The van der Waals surface area contributed by atoms with Gasteiger partial charge in [0.15, 0.2) is 0 Å². The predicted molar refractivity (Wildman–Crippen MR) is 122 cm³/mol. The van der Waals surface area contributed by atoms with Gasteiger partial charge in [-0.15, -0.1) is 0 Å². The van der Waals surface area contributed by atoms with Crippen LogP contribution in [0.5, 0.6) is 0 Å². The molecule has 8 heteroatoms. The number of sulfonamides is 1. The zero-order chi connectivity index (χ0) is 22.3. The number of benzene rings is 1. The van der Waals surface area contributed by atoms with Gasteiger partial charge in [0.1, 0.15) is 10.6 Å². The molecular weight excluding hydrogens is 412 g/mol. The summed E-state index contributed by atoms with van der Waals surface area (Å²) in [5.41, 5.74) is 3.37. The standard InChI is InChI=1S/C23H32N4O3S/c1-17-8-7-9-20(14-17)27-13-12-26(16-18(27)2)31(29,30)22-15-21(24(4)19(22)3)23(28)25-10-5-6-11-25/h7-9,14-15,18H,5-6,10-13,16H2,1-4H3/t18-/m0/s1. The molecule has 0 bridgehead atoms. The van der Waals surface area contributed by atoms with Crippen molar-refractivity contribution in [2.45, 2.75) is 44.6 Å². The summed E-state index contributed by atoms with van der Waals surface area (Å²) in [4.78, 5) is 17.2. The number of likely N-dealkylation sites (tertiary alicyclic amines) is 1. The highest BCUT2D eigenvalue weighted by molar-refractivity contribution is 7.89. The molecule has 7 nitrogen and oxygen atoms in total. The summed E-state index contributed by atoms with van der Waals surface area (Å²) in [7, 11) is -1.91. The maximum absolute atomic E-state index is 13.5. The summed E-state index contributed by atoms with van der Waals surface area (Å²) in [6.07, 6.45) is 2.01. The smallest absolute Gasteiger partial charge is 0.270 e. The number of piperazine rings is 1. The zero-order valence-electron chi connectivity index (χ0n) is 18.8. The maximum atomic E-state index is 13.5. The van der Waals surface area contributed by atoms with Crippen molar-refractivity contribution in [1.82, 2.24) is 13.8 Å². The fraction of sp³-hybridized carbons (Fsp3) is 0.522. The molecule has 31 heavy (non-hydrogen) atoms. The Morgan fingerprint density at radius 3 is 2.39 bits per heavy atom. The lowest BCUT2D eigenvalue weighted by Gasteiger charge is -2.40. The number of carbonyl (C=O) groups is 1. The first kappa shape index (κ1) is 21.9. The summed E-state index contributed by atoms with van der Waals surface area (Å²) in [6, 6.07) is 9.94. The Hall–Kier alpha value is -2.32. The first-order valence-corrected chi connectivity index (χ1v) is 12.4. The van der Waals surface area contributed by atoms with Crippen LogP contribution >= 0.6 is 0 Å². The molecule has 0 unspecified atom stereocenters. The summed E-state index contributed by atoms with van der Waals surface area (Å²) in [5, 5.41) is 0. The first-order valence-electron chi connectivity index (χ1n) is 11.0. The minimum Gasteiger partial charge on any atom is -0.366 e. The molecule has 0 aliphatic carbocycles. The molecule has 168 valence electrons. The van der Waals surface area contributed by atoms with E-state index in [2.05, 4.69) is 36.9 Å². The number of aromatic nitrogens is 1. The molecule has 0 radical (unpaired) electrons. The van der Waals surface area contributed by atoms with Crippen LogP contribution in [0.25, 0.3) is 0 Å². The van der Waals surface area contributed by atoms with E-state index in [4.69, 9.17) is 0 Å². The molecule has 0 spiro atoms. The number of rotatable bonds is 4.